The van der Waals surface area contributed by atoms with Crippen LogP contribution in [-0.4, -0.2) is 0 Å². The molecule has 1 saturated carbocycles. The molecule has 0 unspecified atom stereocenters. The average molecular weight is 138 g/mol. The van der Waals surface area contributed by atoms with E-state index in [9.17, 15) is 0 Å². The first-order valence-electron chi connectivity index (χ1n) is 4.28. The van der Waals surface area contributed by atoms with Crippen LogP contribution in [-0.2, 0) is 0 Å². The van der Waals surface area contributed by atoms with Crippen LogP contribution in [0.25, 0.3) is 0 Å². The third-order valence-corrected chi connectivity index (χ3v) is 1.88. The van der Waals surface area contributed by atoms with E-state index in [0.717, 1.165) is 0 Å². The Labute approximate surface area is 64.3 Å². The van der Waals surface area contributed by atoms with Crippen LogP contribution < -0.4 is 0 Å². The van der Waals surface area contributed by atoms with Gasteiger partial charge in [0, 0.05) is 0 Å². The summed E-state index contributed by atoms with van der Waals surface area (Å²) in [5.74, 6) is 0. The lowest BCUT2D eigenvalue weighted by atomic mass is 9.93. The van der Waals surface area contributed by atoms with Gasteiger partial charge in [-0.2, -0.15) is 0 Å². The summed E-state index contributed by atoms with van der Waals surface area (Å²) in [6.07, 6.45) is 8.00. The zero-order chi connectivity index (χ0) is 7.61. The van der Waals surface area contributed by atoms with Gasteiger partial charge in [-0.05, 0) is 31.1 Å². The molecule has 0 aromatic rings. The number of hydrogen-bond acceptors (Lipinski definition) is 0. The van der Waals surface area contributed by atoms with Gasteiger partial charge >= 0.3 is 0 Å². The molecule has 0 bridgehead atoms. The van der Waals surface area contributed by atoms with Crippen molar-refractivity contribution in [3.8, 4) is 0 Å². The van der Waals surface area contributed by atoms with Crippen LogP contribution in [0.15, 0.2) is 11.6 Å². The van der Waals surface area contributed by atoms with Gasteiger partial charge in [0.1, 0.15) is 0 Å². The van der Waals surface area contributed by atoms with E-state index in [1.165, 1.54) is 25.7 Å². The summed E-state index contributed by atoms with van der Waals surface area (Å²) in [6, 6.07) is 0. The van der Waals surface area contributed by atoms with Crippen molar-refractivity contribution in [1.29, 1.82) is 0 Å². The van der Waals surface area contributed by atoms with Gasteiger partial charge in [0.05, 0.1) is 0 Å². The van der Waals surface area contributed by atoms with Crippen molar-refractivity contribution in [3.05, 3.63) is 11.6 Å². The molecule has 0 heterocycles. The molecule has 1 fully saturated rings. The predicted octanol–water partition coefficient (Wildman–Crippen LogP) is 3.53. The van der Waals surface area contributed by atoms with Crippen LogP contribution in [0.4, 0.5) is 0 Å². The lowest BCUT2D eigenvalue weighted by Crippen LogP contribution is -2.00. The van der Waals surface area contributed by atoms with Crippen LogP contribution in [0.1, 0.15) is 46.5 Å². The summed E-state index contributed by atoms with van der Waals surface area (Å²) in [6.45, 7) is 6.83. The molecule has 0 aliphatic heterocycles. The first-order valence-corrected chi connectivity index (χ1v) is 4.28. The Hall–Kier alpha value is -0.260. The van der Waals surface area contributed by atoms with E-state index in [1.807, 2.05) is 0 Å². The van der Waals surface area contributed by atoms with Gasteiger partial charge in [-0.3, -0.25) is 0 Å². The molecule has 0 spiro atoms. The zero-order valence-electron chi connectivity index (χ0n) is 7.41. The number of allylic oxidation sites excluding steroid dienone is 2. The highest BCUT2D eigenvalue weighted by molar-refractivity contribution is 5.09. The highest BCUT2D eigenvalue weighted by Crippen LogP contribution is 2.28. The van der Waals surface area contributed by atoms with E-state index in [2.05, 4.69) is 26.8 Å². The van der Waals surface area contributed by atoms with Gasteiger partial charge in [-0.1, -0.05) is 32.4 Å². The van der Waals surface area contributed by atoms with Gasteiger partial charge < -0.3 is 0 Å². The summed E-state index contributed by atoms with van der Waals surface area (Å²) in [7, 11) is 0. The Bertz CT molecular complexity index is 127. The second kappa shape index (κ2) is 2.77. The summed E-state index contributed by atoms with van der Waals surface area (Å²) < 4.78 is 0. The maximum absolute atomic E-state index is 2.44. The lowest BCUT2D eigenvalue weighted by molar-refractivity contribution is 0.538. The first-order chi connectivity index (χ1) is 4.58. The van der Waals surface area contributed by atoms with Crippen molar-refractivity contribution in [3.63, 3.8) is 0 Å². The van der Waals surface area contributed by atoms with E-state index >= 15 is 0 Å². The van der Waals surface area contributed by atoms with Crippen LogP contribution in [0.5, 0.6) is 0 Å². The van der Waals surface area contributed by atoms with Gasteiger partial charge in [0.15, 0.2) is 0 Å². The summed E-state index contributed by atoms with van der Waals surface area (Å²) in [4.78, 5) is 0. The molecular formula is C10H18. The second-order valence-electron chi connectivity index (χ2n) is 4.38. The fourth-order valence-electron chi connectivity index (χ4n) is 1.59. The first kappa shape index (κ1) is 7.84. The minimum atomic E-state index is 0.402. The molecule has 1 aliphatic rings. The van der Waals surface area contributed by atoms with Crippen molar-refractivity contribution in [1.82, 2.24) is 0 Å². The SMILES string of the molecule is CC(C)(C)C=C1CCCC1. The molecule has 0 saturated heterocycles. The molecule has 0 nitrogen and oxygen atoms in total. The quantitative estimate of drug-likeness (QED) is 0.449. The lowest BCUT2D eigenvalue weighted by Gasteiger charge is -2.13. The van der Waals surface area contributed by atoms with E-state index in [4.69, 9.17) is 0 Å². The number of hydrogen-bond donors (Lipinski definition) is 0. The molecule has 0 amide bonds. The van der Waals surface area contributed by atoms with Crippen molar-refractivity contribution in [2.45, 2.75) is 46.5 Å². The van der Waals surface area contributed by atoms with Gasteiger partial charge in [0.25, 0.3) is 0 Å². The molecule has 0 heteroatoms. The molecule has 0 N–H and O–H groups in total. The van der Waals surface area contributed by atoms with Crippen molar-refractivity contribution in [2.24, 2.45) is 5.41 Å². The largest absolute Gasteiger partial charge is 0.0799 e. The monoisotopic (exact) mass is 138 g/mol. The maximum Gasteiger partial charge on any atom is -0.0200 e. The van der Waals surface area contributed by atoms with Crippen LogP contribution in [0.3, 0.4) is 0 Å². The molecule has 0 atom stereocenters. The molecule has 0 radical (unpaired) electrons. The van der Waals surface area contributed by atoms with Crippen LogP contribution >= 0.6 is 0 Å². The van der Waals surface area contributed by atoms with E-state index < -0.39 is 0 Å². The minimum Gasteiger partial charge on any atom is -0.0799 e. The predicted molar refractivity (Wildman–Crippen MR) is 46.0 cm³/mol. The van der Waals surface area contributed by atoms with Crippen molar-refractivity contribution in [2.75, 3.05) is 0 Å². The Morgan fingerprint density at radius 3 is 2.00 bits per heavy atom. The topological polar surface area (TPSA) is 0 Å². The maximum atomic E-state index is 2.44. The zero-order valence-corrected chi connectivity index (χ0v) is 7.41. The Balaban J connectivity index is 2.53. The summed E-state index contributed by atoms with van der Waals surface area (Å²) >= 11 is 0. The highest BCUT2D eigenvalue weighted by Gasteiger charge is 2.11. The molecule has 1 rings (SSSR count). The third kappa shape index (κ3) is 2.55. The van der Waals surface area contributed by atoms with Gasteiger partial charge in [0.2, 0.25) is 0 Å². The van der Waals surface area contributed by atoms with Gasteiger partial charge in [-0.25, -0.2) is 0 Å². The molecule has 58 valence electrons. The fraction of sp³-hybridized carbons (Fsp3) is 0.800. The average Bonchev–Trinajstić information content (AvgIpc) is 2.12. The molecule has 1 aliphatic carbocycles. The minimum absolute atomic E-state index is 0.402. The summed E-state index contributed by atoms with van der Waals surface area (Å²) in [5.41, 5.74) is 2.09. The smallest absolute Gasteiger partial charge is 0.0200 e. The van der Waals surface area contributed by atoms with Crippen molar-refractivity contribution >= 4 is 0 Å². The third-order valence-electron chi connectivity index (χ3n) is 1.88. The standard InChI is InChI=1S/C10H18/c1-10(2,3)8-9-6-4-5-7-9/h8H,4-7H2,1-3H3. The highest BCUT2D eigenvalue weighted by atomic mass is 14.2. The molecule has 10 heavy (non-hydrogen) atoms. The van der Waals surface area contributed by atoms with Gasteiger partial charge in [-0.15, -0.1) is 0 Å². The van der Waals surface area contributed by atoms with E-state index in [1.54, 1.807) is 5.57 Å². The van der Waals surface area contributed by atoms with Crippen LogP contribution in [0, 0.1) is 5.41 Å². The van der Waals surface area contributed by atoms with Crippen molar-refractivity contribution < 1.29 is 0 Å². The Kier molecular flexibility index (Phi) is 2.18. The normalized spacial score (nSPS) is 19.7. The molecular weight excluding hydrogens is 120 g/mol. The second-order valence-corrected chi connectivity index (χ2v) is 4.38. The van der Waals surface area contributed by atoms with E-state index in [0.29, 0.717) is 5.41 Å². The summed E-state index contributed by atoms with van der Waals surface area (Å²) in [5, 5.41) is 0. The van der Waals surface area contributed by atoms with Crippen LogP contribution in [0.2, 0.25) is 0 Å². The van der Waals surface area contributed by atoms with E-state index in [-0.39, 0.29) is 0 Å². The molecule has 0 aromatic carbocycles. The number of rotatable bonds is 0. The Morgan fingerprint density at radius 2 is 1.60 bits per heavy atom. The molecule has 0 aromatic heterocycles. The Morgan fingerprint density at radius 1 is 1.10 bits per heavy atom. The fourth-order valence-corrected chi connectivity index (χ4v) is 1.59.